The Labute approximate surface area is 198 Å². The van der Waals surface area contributed by atoms with E-state index in [-0.39, 0.29) is 19.0 Å². The molecule has 190 valence electrons. The first-order valence-corrected chi connectivity index (χ1v) is 12.6. The fraction of sp³-hybridized carbons (Fsp3) is 0.880. The SMILES string of the molecule is CC(C)CCN(C[C@@H](O)[C@H](CC1CCCCC1)OC(=O)C1CC1C(=O)O)C(=O)NC(C)(C)C. The summed E-state index contributed by atoms with van der Waals surface area (Å²) in [6.45, 7) is 10.4. The Kier molecular flexibility index (Phi) is 10.0. The van der Waals surface area contributed by atoms with Gasteiger partial charge in [-0.3, -0.25) is 9.59 Å². The zero-order chi connectivity index (χ0) is 24.8. The highest BCUT2D eigenvalue weighted by molar-refractivity contribution is 5.86. The molecule has 0 aromatic rings. The third-order valence-electron chi connectivity index (χ3n) is 6.55. The quantitative estimate of drug-likeness (QED) is 0.397. The molecule has 0 aromatic heterocycles. The Morgan fingerprint density at radius 1 is 1.09 bits per heavy atom. The van der Waals surface area contributed by atoms with Crippen molar-refractivity contribution in [2.45, 2.75) is 104 Å². The summed E-state index contributed by atoms with van der Waals surface area (Å²) < 4.78 is 5.72. The molecular weight excluding hydrogens is 424 g/mol. The van der Waals surface area contributed by atoms with E-state index in [4.69, 9.17) is 9.84 Å². The lowest BCUT2D eigenvalue weighted by Gasteiger charge is -2.34. The Morgan fingerprint density at radius 2 is 1.73 bits per heavy atom. The molecule has 2 aliphatic rings. The summed E-state index contributed by atoms with van der Waals surface area (Å²) in [4.78, 5) is 38.3. The van der Waals surface area contributed by atoms with Crippen molar-refractivity contribution in [1.82, 2.24) is 10.2 Å². The molecular formula is C25H44N2O6. The van der Waals surface area contributed by atoms with Gasteiger partial charge in [-0.15, -0.1) is 0 Å². The van der Waals surface area contributed by atoms with Crippen LogP contribution in [0.15, 0.2) is 0 Å². The predicted molar refractivity (Wildman–Crippen MR) is 126 cm³/mol. The number of nitrogens with zero attached hydrogens (tertiary/aromatic N) is 1. The number of carbonyl (C=O) groups excluding carboxylic acids is 2. The highest BCUT2D eigenvalue weighted by atomic mass is 16.6. The second-order valence-corrected chi connectivity index (χ2v) is 11.4. The first-order valence-electron chi connectivity index (χ1n) is 12.6. The van der Waals surface area contributed by atoms with Crippen LogP contribution in [0.25, 0.3) is 0 Å². The Bertz CT molecular complexity index is 668. The Hall–Kier alpha value is -1.83. The molecule has 0 heterocycles. The van der Waals surface area contributed by atoms with Gasteiger partial charge in [-0.2, -0.15) is 0 Å². The van der Waals surface area contributed by atoms with Crippen molar-refractivity contribution < 1.29 is 29.3 Å². The number of aliphatic carboxylic acids is 1. The van der Waals surface area contributed by atoms with Crippen LogP contribution >= 0.6 is 0 Å². The number of rotatable bonds is 11. The Balaban J connectivity index is 2.09. The van der Waals surface area contributed by atoms with Gasteiger partial charge in [0.1, 0.15) is 12.2 Å². The van der Waals surface area contributed by atoms with Crippen LogP contribution < -0.4 is 5.32 Å². The zero-order valence-corrected chi connectivity index (χ0v) is 21.0. The van der Waals surface area contributed by atoms with Crippen molar-refractivity contribution in [1.29, 1.82) is 0 Å². The number of ether oxygens (including phenoxy) is 1. The third-order valence-corrected chi connectivity index (χ3v) is 6.55. The maximum Gasteiger partial charge on any atom is 0.317 e. The van der Waals surface area contributed by atoms with E-state index in [0.29, 0.717) is 24.8 Å². The zero-order valence-electron chi connectivity index (χ0n) is 21.0. The summed E-state index contributed by atoms with van der Waals surface area (Å²) in [5, 5.41) is 23.2. The molecule has 2 unspecified atom stereocenters. The molecule has 0 aromatic carbocycles. The predicted octanol–water partition coefficient (Wildman–Crippen LogP) is 3.81. The minimum Gasteiger partial charge on any atom is -0.481 e. The van der Waals surface area contributed by atoms with E-state index in [1.165, 1.54) is 6.42 Å². The molecule has 2 fully saturated rings. The van der Waals surface area contributed by atoms with Gasteiger partial charge < -0.3 is 25.2 Å². The fourth-order valence-electron chi connectivity index (χ4n) is 4.43. The van der Waals surface area contributed by atoms with E-state index in [9.17, 15) is 19.5 Å². The molecule has 0 spiro atoms. The minimum absolute atomic E-state index is 0.0618. The molecule has 0 bridgehead atoms. The van der Waals surface area contributed by atoms with Crippen LogP contribution in [0.5, 0.6) is 0 Å². The van der Waals surface area contributed by atoms with Crippen molar-refractivity contribution in [3.8, 4) is 0 Å². The van der Waals surface area contributed by atoms with E-state index in [0.717, 1.165) is 32.1 Å². The van der Waals surface area contributed by atoms with Crippen molar-refractivity contribution in [3.05, 3.63) is 0 Å². The van der Waals surface area contributed by atoms with Gasteiger partial charge in [0, 0.05) is 12.1 Å². The third kappa shape index (κ3) is 9.51. The number of carboxylic acid groups (broad SMARTS) is 1. The van der Waals surface area contributed by atoms with Crippen LogP contribution in [-0.2, 0) is 14.3 Å². The number of carboxylic acids is 1. The molecule has 2 amide bonds. The summed E-state index contributed by atoms with van der Waals surface area (Å²) in [5.41, 5.74) is -0.413. The van der Waals surface area contributed by atoms with E-state index in [1.54, 1.807) is 4.90 Å². The fourth-order valence-corrected chi connectivity index (χ4v) is 4.43. The molecule has 2 aliphatic carbocycles. The summed E-state index contributed by atoms with van der Waals surface area (Å²) in [6, 6.07) is -0.252. The van der Waals surface area contributed by atoms with E-state index in [1.807, 2.05) is 20.8 Å². The number of amides is 2. The highest BCUT2D eigenvalue weighted by Crippen LogP contribution is 2.40. The second kappa shape index (κ2) is 12.0. The number of hydrogen-bond acceptors (Lipinski definition) is 5. The molecule has 3 N–H and O–H groups in total. The van der Waals surface area contributed by atoms with E-state index in [2.05, 4.69) is 19.2 Å². The van der Waals surface area contributed by atoms with Crippen molar-refractivity contribution in [2.75, 3.05) is 13.1 Å². The lowest BCUT2D eigenvalue weighted by atomic mass is 9.84. The number of aliphatic hydroxyl groups is 1. The summed E-state index contributed by atoms with van der Waals surface area (Å²) in [7, 11) is 0. The highest BCUT2D eigenvalue weighted by Gasteiger charge is 2.50. The monoisotopic (exact) mass is 468 g/mol. The lowest BCUT2D eigenvalue weighted by molar-refractivity contribution is -0.160. The summed E-state index contributed by atoms with van der Waals surface area (Å²) in [6.07, 6.45) is 5.34. The number of esters is 1. The van der Waals surface area contributed by atoms with E-state index >= 15 is 0 Å². The smallest absolute Gasteiger partial charge is 0.317 e. The Morgan fingerprint density at radius 3 is 2.24 bits per heavy atom. The van der Waals surface area contributed by atoms with Crippen LogP contribution in [-0.4, -0.2) is 63.9 Å². The molecule has 0 radical (unpaired) electrons. The van der Waals surface area contributed by atoms with Crippen LogP contribution in [0.2, 0.25) is 0 Å². The first kappa shape index (κ1) is 27.4. The summed E-state index contributed by atoms with van der Waals surface area (Å²) in [5.74, 6) is -2.11. The number of nitrogens with one attached hydrogen (secondary N) is 1. The van der Waals surface area contributed by atoms with Gasteiger partial charge >= 0.3 is 18.0 Å². The average Bonchev–Trinajstić information content (AvgIpc) is 3.51. The normalized spacial score (nSPS) is 23.0. The molecule has 2 rings (SSSR count). The van der Waals surface area contributed by atoms with Gasteiger partial charge in [0.05, 0.1) is 18.4 Å². The van der Waals surface area contributed by atoms with Gasteiger partial charge in [0.2, 0.25) is 0 Å². The molecule has 8 nitrogen and oxygen atoms in total. The van der Waals surface area contributed by atoms with Gasteiger partial charge in [0.25, 0.3) is 0 Å². The number of aliphatic hydroxyl groups excluding tert-OH is 1. The lowest BCUT2D eigenvalue weighted by Crippen LogP contribution is -2.52. The molecule has 0 saturated heterocycles. The van der Waals surface area contributed by atoms with Gasteiger partial charge in [0.15, 0.2) is 0 Å². The largest absolute Gasteiger partial charge is 0.481 e. The van der Waals surface area contributed by atoms with Gasteiger partial charge in [-0.05, 0) is 51.9 Å². The van der Waals surface area contributed by atoms with Crippen molar-refractivity contribution in [3.63, 3.8) is 0 Å². The van der Waals surface area contributed by atoms with Gasteiger partial charge in [-0.1, -0.05) is 46.0 Å². The van der Waals surface area contributed by atoms with Gasteiger partial charge in [-0.25, -0.2) is 4.79 Å². The molecule has 0 aliphatic heterocycles. The minimum atomic E-state index is -1.03. The maximum absolute atomic E-state index is 12.9. The summed E-state index contributed by atoms with van der Waals surface area (Å²) >= 11 is 0. The van der Waals surface area contributed by atoms with Crippen LogP contribution in [0, 0.1) is 23.7 Å². The number of hydrogen-bond donors (Lipinski definition) is 3. The topological polar surface area (TPSA) is 116 Å². The molecule has 4 atom stereocenters. The molecule has 2 saturated carbocycles. The van der Waals surface area contributed by atoms with Crippen LogP contribution in [0.3, 0.4) is 0 Å². The van der Waals surface area contributed by atoms with E-state index < -0.39 is 41.5 Å². The van der Waals surface area contributed by atoms with Crippen LogP contribution in [0.1, 0.15) is 86.0 Å². The van der Waals surface area contributed by atoms with Crippen molar-refractivity contribution in [2.24, 2.45) is 23.7 Å². The average molecular weight is 469 g/mol. The maximum atomic E-state index is 12.9. The standard InChI is InChI=1S/C25H44N2O6/c1-16(2)11-12-27(24(32)26-25(3,4)5)15-20(28)21(13-17-9-7-6-8-10-17)33-23(31)19-14-18(19)22(29)30/h16-21,28H,6-15H2,1-5H3,(H,26,32)(H,29,30)/t18?,19?,20-,21+/m1/s1. The van der Waals surface area contributed by atoms with Crippen molar-refractivity contribution >= 4 is 18.0 Å². The number of carbonyl (C=O) groups is 3. The number of urea groups is 1. The molecule has 8 heteroatoms. The first-order chi connectivity index (χ1) is 15.4. The second-order valence-electron chi connectivity index (χ2n) is 11.4. The van der Waals surface area contributed by atoms with Crippen LogP contribution in [0.4, 0.5) is 4.79 Å². The molecule has 33 heavy (non-hydrogen) atoms.